The second-order valence-electron chi connectivity index (χ2n) is 3.70. The molecule has 0 N–H and O–H groups in total. The van der Waals surface area contributed by atoms with Crippen LogP contribution in [0.2, 0.25) is 5.02 Å². The van der Waals surface area contributed by atoms with Gasteiger partial charge in [-0.3, -0.25) is 4.79 Å². The van der Waals surface area contributed by atoms with Gasteiger partial charge in [0.15, 0.2) is 0 Å². The number of amides is 1. The van der Waals surface area contributed by atoms with Crippen LogP contribution in [0.1, 0.15) is 16.8 Å². The average molecular weight is 267 g/mol. The van der Waals surface area contributed by atoms with Gasteiger partial charge in [-0.1, -0.05) is 11.6 Å². The van der Waals surface area contributed by atoms with Gasteiger partial charge >= 0.3 is 0 Å². The fraction of sp³-hybridized carbons (Fsp3) is 0.385. The Bertz CT molecular complexity index is 426. The molecule has 0 saturated carbocycles. The normalized spacial score (nSPS) is 9.83. The fourth-order valence-electron chi connectivity index (χ4n) is 1.48. The highest BCUT2D eigenvalue weighted by Crippen LogP contribution is 2.11. The molecule has 1 amide bonds. The molecule has 0 aliphatic rings. The van der Waals surface area contributed by atoms with Crippen LogP contribution in [0.3, 0.4) is 0 Å². The molecule has 1 aromatic rings. The van der Waals surface area contributed by atoms with Crippen LogP contribution < -0.4 is 0 Å². The molecule has 0 aliphatic carbocycles. The van der Waals surface area contributed by atoms with Gasteiger partial charge in [-0.2, -0.15) is 5.26 Å². The third-order valence-corrected chi connectivity index (χ3v) is 2.69. The van der Waals surface area contributed by atoms with Crippen molar-refractivity contribution in [3.8, 4) is 6.07 Å². The maximum atomic E-state index is 12.2. The third-order valence-electron chi connectivity index (χ3n) is 2.44. The molecule has 1 aromatic carbocycles. The largest absolute Gasteiger partial charge is 0.383 e. The van der Waals surface area contributed by atoms with E-state index in [4.69, 9.17) is 21.6 Å². The summed E-state index contributed by atoms with van der Waals surface area (Å²) in [5.74, 6) is -0.112. The predicted octanol–water partition coefficient (Wildman–Crippen LogP) is 2.34. The lowest BCUT2D eigenvalue weighted by Crippen LogP contribution is -2.34. The van der Waals surface area contributed by atoms with Gasteiger partial charge in [0, 0.05) is 30.8 Å². The number of nitriles is 1. The molecule has 0 atom stereocenters. The average Bonchev–Trinajstić information content (AvgIpc) is 2.39. The van der Waals surface area contributed by atoms with E-state index in [1.165, 1.54) is 0 Å². The first-order valence-corrected chi connectivity index (χ1v) is 5.97. The maximum Gasteiger partial charge on any atom is 0.253 e. The summed E-state index contributed by atoms with van der Waals surface area (Å²) >= 11 is 5.78. The van der Waals surface area contributed by atoms with Crippen LogP contribution in [0, 0.1) is 11.3 Å². The lowest BCUT2D eigenvalue weighted by atomic mass is 10.2. The Hall–Kier alpha value is -1.57. The lowest BCUT2D eigenvalue weighted by Gasteiger charge is -2.21. The fourth-order valence-corrected chi connectivity index (χ4v) is 1.60. The molecule has 1 rings (SSSR count). The summed E-state index contributed by atoms with van der Waals surface area (Å²) in [5, 5.41) is 9.18. The van der Waals surface area contributed by atoms with E-state index in [1.54, 1.807) is 36.3 Å². The first kappa shape index (κ1) is 14.5. The van der Waals surface area contributed by atoms with E-state index < -0.39 is 0 Å². The molecule has 0 spiro atoms. The van der Waals surface area contributed by atoms with Crippen molar-refractivity contribution in [1.29, 1.82) is 5.26 Å². The minimum atomic E-state index is -0.112. The van der Waals surface area contributed by atoms with E-state index in [0.717, 1.165) is 0 Å². The highest BCUT2D eigenvalue weighted by Gasteiger charge is 2.14. The Morgan fingerprint density at radius 3 is 2.61 bits per heavy atom. The monoisotopic (exact) mass is 266 g/mol. The van der Waals surface area contributed by atoms with Crippen LogP contribution in [-0.4, -0.2) is 37.6 Å². The van der Waals surface area contributed by atoms with Gasteiger partial charge in [-0.05, 0) is 24.3 Å². The number of nitrogens with zero attached hydrogens (tertiary/aromatic N) is 2. The Labute approximate surface area is 112 Å². The number of ether oxygens (including phenoxy) is 1. The zero-order valence-corrected chi connectivity index (χ0v) is 11.0. The Morgan fingerprint density at radius 2 is 2.06 bits per heavy atom. The highest BCUT2D eigenvalue weighted by molar-refractivity contribution is 6.30. The number of hydrogen-bond donors (Lipinski definition) is 0. The molecule has 0 fully saturated rings. The van der Waals surface area contributed by atoms with Crippen LogP contribution >= 0.6 is 11.6 Å². The lowest BCUT2D eigenvalue weighted by molar-refractivity contribution is 0.0700. The van der Waals surface area contributed by atoms with Crippen molar-refractivity contribution < 1.29 is 9.53 Å². The number of carbonyl (C=O) groups excluding carboxylic acids is 1. The molecule has 0 heterocycles. The molecule has 0 aromatic heterocycles. The van der Waals surface area contributed by atoms with Crippen molar-refractivity contribution in [2.24, 2.45) is 0 Å². The number of rotatable bonds is 6. The molecule has 0 aliphatic heterocycles. The van der Waals surface area contributed by atoms with Crippen molar-refractivity contribution in [2.45, 2.75) is 6.42 Å². The molecular weight excluding hydrogens is 252 g/mol. The summed E-state index contributed by atoms with van der Waals surface area (Å²) in [7, 11) is 1.58. The van der Waals surface area contributed by atoms with Crippen LogP contribution in [0.4, 0.5) is 0 Å². The van der Waals surface area contributed by atoms with Crippen molar-refractivity contribution in [1.82, 2.24) is 4.90 Å². The summed E-state index contributed by atoms with van der Waals surface area (Å²) < 4.78 is 4.96. The zero-order valence-electron chi connectivity index (χ0n) is 10.2. The minimum Gasteiger partial charge on any atom is -0.383 e. The molecule has 4 nitrogen and oxygen atoms in total. The Morgan fingerprint density at radius 1 is 1.39 bits per heavy atom. The van der Waals surface area contributed by atoms with Gasteiger partial charge in [0.05, 0.1) is 19.1 Å². The van der Waals surface area contributed by atoms with E-state index in [-0.39, 0.29) is 5.91 Å². The van der Waals surface area contributed by atoms with Gasteiger partial charge in [-0.25, -0.2) is 0 Å². The summed E-state index contributed by atoms with van der Waals surface area (Å²) in [6.45, 7) is 1.33. The zero-order chi connectivity index (χ0) is 13.4. The smallest absolute Gasteiger partial charge is 0.253 e. The number of methoxy groups -OCH3 is 1. The van der Waals surface area contributed by atoms with Gasteiger partial charge < -0.3 is 9.64 Å². The second-order valence-corrected chi connectivity index (χ2v) is 4.14. The first-order chi connectivity index (χ1) is 8.69. The number of halogens is 1. The predicted molar refractivity (Wildman–Crippen MR) is 69.5 cm³/mol. The van der Waals surface area contributed by atoms with Crippen LogP contribution in [0.5, 0.6) is 0 Å². The van der Waals surface area contributed by atoms with Crippen molar-refractivity contribution >= 4 is 17.5 Å². The molecule has 0 bridgehead atoms. The topological polar surface area (TPSA) is 53.3 Å². The van der Waals surface area contributed by atoms with Gasteiger partial charge in [0.2, 0.25) is 0 Å². The standard InChI is InChI=1S/C13H15ClN2O2/c1-18-10-9-16(8-2-7-15)13(17)11-3-5-12(14)6-4-11/h3-6H,2,8-10H2,1H3. The van der Waals surface area contributed by atoms with E-state index in [9.17, 15) is 4.79 Å². The number of benzene rings is 1. The molecule has 0 saturated heterocycles. The van der Waals surface area contributed by atoms with E-state index in [0.29, 0.717) is 36.7 Å². The third kappa shape index (κ3) is 4.36. The summed E-state index contributed by atoms with van der Waals surface area (Å²) in [5.41, 5.74) is 0.563. The number of carbonyl (C=O) groups is 1. The summed E-state index contributed by atoms with van der Waals surface area (Å²) in [6, 6.07) is 8.74. The highest BCUT2D eigenvalue weighted by atomic mass is 35.5. The van der Waals surface area contributed by atoms with E-state index in [1.807, 2.05) is 6.07 Å². The summed E-state index contributed by atoms with van der Waals surface area (Å²) in [4.78, 5) is 13.8. The first-order valence-electron chi connectivity index (χ1n) is 5.59. The SMILES string of the molecule is COCCN(CCC#N)C(=O)c1ccc(Cl)cc1. The minimum absolute atomic E-state index is 0.112. The Kier molecular flexibility index (Phi) is 6.20. The number of hydrogen-bond acceptors (Lipinski definition) is 3. The van der Waals surface area contributed by atoms with Crippen molar-refractivity contribution in [3.05, 3.63) is 34.9 Å². The maximum absolute atomic E-state index is 12.2. The molecular formula is C13H15ClN2O2. The van der Waals surface area contributed by atoms with Crippen LogP contribution in [0.15, 0.2) is 24.3 Å². The van der Waals surface area contributed by atoms with E-state index in [2.05, 4.69) is 0 Å². The quantitative estimate of drug-likeness (QED) is 0.794. The molecule has 18 heavy (non-hydrogen) atoms. The van der Waals surface area contributed by atoms with Crippen molar-refractivity contribution in [2.75, 3.05) is 26.8 Å². The van der Waals surface area contributed by atoms with Crippen molar-refractivity contribution in [3.63, 3.8) is 0 Å². The molecule has 5 heteroatoms. The summed E-state index contributed by atoms with van der Waals surface area (Å²) in [6.07, 6.45) is 0.309. The van der Waals surface area contributed by atoms with E-state index >= 15 is 0 Å². The van der Waals surface area contributed by atoms with Crippen LogP contribution in [-0.2, 0) is 4.74 Å². The Balaban J connectivity index is 2.74. The molecule has 96 valence electrons. The van der Waals surface area contributed by atoms with Gasteiger partial charge in [0.25, 0.3) is 5.91 Å². The second kappa shape index (κ2) is 7.70. The van der Waals surface area contributed by atoms with Gasteiger partial charge in [0.1, 0.15) is 0 Å². The van der Waals surface area contributed by atoms with Gasteiger partial charge in [-0.15, -0.1) is 0 Å². The molecule has 0 radical (unpaired) electrons. The molecule has 0 unspecified atom stereocenters. The van der Waals surface area contributed by atoms with Crippen LogP contribution in [0.25, 0.3) is 0 Å².